The van der Waals surface area contributed by atoms with Crippen molar-refractivity contribution in [1.29, 1.82) is 0 Å². The van der Waals surface area contributed by atoms with Crippen molar-refractivity contribution in [2.24, 2.45) is 5.73 Å². The summed E-state index contributed by atoms with van der Waals surface area (Å²) in [6, 6.07) is 0. The molecule has 0 aromatic heterocycles. The van der Waals surface area contributed by atoms with Gasteiger partial charge in [-0.25, -0.2) is 0 Å². The predicted octanol–water partition coefficient (Wildman–Crippen LogP) is 3.39. The molecular formula is C8H14F5NS. The molecular weight excluding hydrogens is 237 g/mol. The summed E-state index contributed by atoms with van der Waals surface area (Å²) >= 11 is 1.20. The van der Waals surface area contributed by atoms with Crippen LogP contribution in [0.3, 0.4) is 0 Å². The summed E-state index contributed by atoms with van der Waals surface area (Å²) in [5.74, 6) is -4.36. The minimum Gasteiger partial charge on any atom is -0.319 e. The second-order valence-corrected chi connectivity index (χ2v) is 4.47. The molecule has 0 aromatic rings. The van der Waals surface area contributed by atoms with Crippen LogP contribution >= 0.6 is 11.8 Å². The van der Waals surface area contributed by atoms with E-state index in [-0.39, 0.29) is 17.5 Å². The molecule has 0 aliphatic heterocycles. The SMILES string of the molecule is CCC(N)SCCCC(F)(F)C(F)(F)F. The van der Waals surface area contributed by atoms with E-state index in [4.69, 9.17) is 5.73 Å². The molecule has 0 fully saturated rings. The predicted molar refractivity (Wildman–Crippen MR) is 51.0 cm³/mol. The molecule has 1 atom stereocenters. The van der Waals surface area contributed by atoms with E-state index < -0.39 is 18.5 Å². The molecule has 0 aromatic carbocycles. The molecule has 15 heavy (non-hydrogen) atoms. The molecule has 0 saturated heterocycles. The smallest absolute Gasteiger partial charge is 0.319 e. The van der Waals surface area contributed by atoms with Gasteiger partial charge in [-0.15, -0.1) is 11.8 Å². The van der Waals surface area contributed by atoms with Crippen molar-refractivity contribution in [3.05, 3.63) is 0 Å². The van der Waals surface area contributed by atoms with Crippen LogP contribution in [0, 0.1) is 0 Å². The molecule has 2 N–H and O–H groups in total. The zero-order valence-electron chi connectivity index (χ0n) is 8.28. The van der Waals surface area contributed by atoms with Crippen molar-refractivity contribution < 1.29 is 22.0 Å². The lowest BCUT2D eigenvalue weighted by Crippen LogP contribution is -2.36. The van der Waals surface area contributed by atoms with Gasteiger partial charge in [0, 0.05) is 6.42 Å². The monoisotopic (exact) mass is 251 g/mol. The Morgan fingerprint density at radius 2 is 1.73 bits per heavy atom. The molecule has 0 heterocycles. The normalized spacial score (nSPS) is 15.4. The van der Waals surface area contributed by atoms with E-state index in [2.05, 4.69) is 0 Å². The Bertz CT molecular complexity index is 182. The van der Waals surface area contributed by atoms with E-state index in [1.807, 2.05) is 6.92 Å². The van der Waals surface area contributed by atoms with E-state index in [1.54, 1.807) is 0 Å². The van der Waals surface area contributed by atoms with Crippen molar-refractivity contribution in [1.82, 2.24) is 0 Å². The summed E-state index contributed by atoms with van der Waals surface area (Å²) in [6.45, 7) is 1.82. The Kier molecular flexibility index (Phi) is 5.87. The summed E-state index contributed by atoms with van der Waals surface area (Å²) in [7, 11) is 0. The van der Waals surface area contributed by atoms with Crippen LogP contribution in [0.15, 0.2) is 0 Å². The van der Waals surface area contributed by atoms with Gasteiger partial charge < -0.3 is 5.73 Å². The fourth-order valence-electron chi connectivity index (χ4n) is 0.788. The molecule has 0 amide bonds. The quantitative estimate of drug-likeness (QED) is 0.445. The molecule has 0 spiro atoms. The Hall–Kier alpha value is -0.0400. The van der Waals surface area contributed by atoms with Gasteiger partial charge in [-0.1, -0.05) is 6.92 Å². The van der Waals surface area contributed by atoms with Crippen molar-refractivity contribution in [2.45, 2.75) is 43.7 Å². The average molecular weight is 251 g/mol. The maximum absolute atomic E-state index is 12.4. The van der Waals surface area contributed by atoms with Gasteiger partial charge in [0.2, 0.25) is 0 Å². The second-order valence-electron chi connectivity index (χ2n) is 3.12. The second kappa shape index (κ2) is 5.89. The number of nitrogens with two attached hydrogens (primary N) is 1. The van der Waals surface area contributed by atoms with Gasteiger partial charge in [0.1, 0.15) is 0 Å². The number of thioether (sulfide) groups is 1. The van der Waals surface area contributed by atoms with Crippen LogP contribution < -0.4 is 5.73 Å². The topological polar surface area (TPSA) is 26.0 Å². The molecule has 0 aliphatic rings. The third-order valence-electron chi connectivity index (χ3n) is 1.78. The van der Waals surface area contributed by atoms with E-state index in [1.165, 1.54) is 11.8 Å². The van der Waals surface area contributed by atoms with Crippen LogP contribution in [0.5, 0.6) is 0 Å². The van der Waals surface area contributed by atoms with Gasteiger partial charge in [0.25, 0.3) is 0 Å². The lowest BCUT2D eigenvalue weighted by molar-refractivity contribution is -0.284. The number of alkyl halides is 5. The van der Waals surface area contributed by atoms with Gasteiger partial charge in [-0.05, 0) is 18.6 Å². The largest absolute Gasteiger partial charge is 0.453 e. The van der Waals surface area contributed by atoms with Crippen molar-refractivity contribution in [3.8, 4) is 0 Å². The molecule has 0 aliphatic carbocycles. The number of hydrogen-bond acceptors (Lipinski definition) is 2. The first kappa shape index (κ1) is 15.0. The summed E-state index contributed by atoms with van der Waals surface area (Å²) < 4.78 is 59.9. The summed E-state index contributed by atoms with van der Waals surface area (Å²) in [5, 5.41) is -0.190. The van der Waals surface area contributed by atoms with Crippen LogP contribution in [0.4, 0.5) is 22.0 Å². The number of hydrogen-bond donors (Lipinski definition) is 1. The summed E-state index contributed by atoms with van der Waals surface area (Å²) in [4.78, 5) is 0. The molecule has 0 saturated carbocycles. The Labute approximate surface area is 89.6 Å². The summed E-state index contributed by atoms with van der Waals surface area (Å²) in [5.41, 5.74) is 5.46. The third kappa shape index (κ3) is 5.55. The molecule has 1 nitrogen and oxygen atoms in total. The molecule has 7 heteroatoms. The fourth-order valence-corrected chi connectivity index (χ4v) is 1.64. The van der Waals surface area contributed by atoms with Crippen molar-refractivity contribution in [3.63, 3.8) is 0 Å². The zero-order valence-corrected chi connectivity index (χ0v) is 9.10. The molecule has 0 rings (SSSR count). The highest BCUT2D eigenvalue weighted by Crippen LogP contribution is 2.39. The number of halogens is 5. The Morgan fingerprint density at radius 1 is 1.20 bits per heavy atom. The van der Waals surface area contributed by atoms with Crippen LogP contribution in [0.1, 0.15) is 26.2 Å². The van der Waals surface area contributed by atoms with Crippen molar-refractivity contribution >= 4 is 11.8 Å². The Balaban J connectivity index is 3.77. The maximum atomic E-state index is 12.4. The van der Waals surface area contributed by atoms with E-state index >= 15 is 0 Å². The van der Waals surface area contributed by atoms with E-state index in [0.29, 0.717) is 6.42 Å². The molecule has 0 bridgehead atoms. The number of rotatable bonds is 6. The van der Waals surface area contributed by atoms with Gasteiger partial charge in [0.15, 0.2) is 0 Å². The highest BCUT2D eigenvalue weighted by molar-refractivity contribution is 7.99. The first-order valence-electron chi connectivity index (χ1n) is 4.52. The lowest BCUT2D eigenvalue weighted by atomic mass is 10.2. The van der Waals surface area contributed by atoms with Crippen LogP contribution in [0.2, 0.25) is 0 Å². The van der Waals surface area contributed by atoms with Crippen LogP contribution in [-0.4, -0.2) is 23.2 Å². The first-order chi connectivity index (χ1) is 6.70. The maximum Gasteiger partial charge on any atom is 0.453 e. The minimum absolute atomic E-state index is 0.190. The van der Waals surface area contributed by atoms with Crippen LogP contribution in [-0.2, 0) is 0 Å². The first-order valence-corrected chi connectivity index (χ1v) is 5.57. The fraction of sp³-hybridized carbons (Fsp3) is 1.00. The van der Waals surface area contributed by atoms with E-state index in [9.17, 15) is 22.0 Å². The highest BCUT2D eigenvalue weighted by atomic mass is 32.2. The third-order valence-corrected chi connectivity index (χ3v) is 3.07. The van der Waals surface area contributed by atoms with Gasteiger partial charge in [0.05, 0.1) is 5.37 Å². The lowest BCUT2D eigenvalue weighted by Gasteiger charge is -2.19. The van der Waals surface area contributed by atoms with E-state index in [0.717, 1.165) is 0 Å². The Morgan fingerprint density at radius 3 is 2.13 bits per heavy atom. The average Bonchev–Trinajstić information content (AvgIpc) is 2.10. The highest BCUT2D eigenvalue weighted by Gasteiger charge is 2.56. The molecule has 0 radical (unpaired) electrons. The van der Waals surface area contributed by atoms with Crippen molar-refractivity contribution in [2.75, 3.05) is 5.75 Å². The van der Waals surface area contributed by atoms with Gasteiger partial charge in [-0.2, -0.15) is 22.0 Å². The summed E-state index contributed by atoms with van der Waals surface area (Å²) in [6.07, 6.45) is -6.13. The van der Waals surface area contributed by atoms with Crippen LogP contribution in [0.25, 0.3) is 0 Å². The zero-order chi connectivity index (χ0) is 12.1. The molecule has 92 valence electrons. The minimum atomic E-state index is -5.44. The standard InChI is InChI=1S/C8H14F5NS/c1-2-6(14)15-5-3-4-7(9,10)8(11,12)13/h6H,2-5,14H2,1H3. The van der Waals surface area contributed by atoms with Gasteiger partial charge >= 0.3 is 12.1 Å². The molecule has 1 unspecified atom stereocenters. The van der Waals surface area contributed by atoms with Gasteiger partial charge in [-0.3, -0.25) is 0 Å².